The van der Waals surface area contributed by atoms with E-state index in [0.717, 1.165) is 11.1 Å². The molecule has 0 spiro atoms. The Labute approximate surface area is 175 Å². The summed E-state index contributed by atoms with van der Waals surface area (Å²) in [6, 6.07) is 19.3. The van der Waals surface area contributed by atoms with Gasteiger partial charge in [-0.15, -0.1) is 0 Å². The zero-order chi connectivity index (χ0) is 21.5. The first kappa shape index (κ1) is 20.9. The molecular formula is C25H22O5. The average molecular weight is 402 g/mol. The molecule has 0 aliphatic heterocycles. The van der Waals surface area contributed by atoms with Gasteiger partial charge in [-0.3, -0.25) is 4.79 Å². The molecule has 30 heavy (non-hydrogen) atoms. The molecular weight excluding hydrogens is 380 g/mol. The van der Waals surface area contributed by atoms with Crippen molar-refractivity contribution < 1.29 is 23.8 Å². The number of carbonyl (C=O) groups excluding carboxylic acids is 2. The second-order valence-electron chi connectivity index (χ2n) is 6.56. The van der Waals surface area contributed by atoms with Crippen LogP contribution in [0.3, 0.4) is 0 Å². The molecule has 0 atom stereocenters. The number of hydrogen-bond donors (Lipinski definition) is 0. The van der Waals surface area contributed by atoms with E-state index in [1.54, 1.807) is 60.7 Å². The maximum Gasteiger partial charge on any atom is 0.351 e. The summed E-state index contributed by atoms with van der Waals surface area (Å²) >= 11 is 0. The standard InChI is InChI=1S/C25H22O5/c1-17-7-12-19(13-8-17)21(26)16-11-18-9-14-20(15-10-18)30-25(27)24-22(28-2)5-4-6-23(24)29-3/h4-16H,1-3H3/b16-11+. The Morgan fingerprint density at radius 2 is 1.40 bits per heavy atom. The molecule has 0 unspecified atom stereocenters. The van der Waals surface area contributed by atoms with Crippen LogP contribution in [0, 0.1) is 6.92 Å². The van der Waals surface area contributed by atoms with Crippen molar-refractivity contribution in [3.63, 3.8) is 0 Å². The van der Waals surface area contributed by atoms with E-state index in [0.29, 0.717) is 22.8 Å². The number of carbonyl (C=O) groups is 2. The fourth-order valence-electron chi connectivity index (χ4n) is 2.84. The van der Waals surface area contributed by atoms with Gasteiger partial charge in [-0.1, -0.05) is 54.1 Å². The van der Waals surface area contributed by atoms with Gasteiger partial charge in [-0.25, -0.2) is 4.79 Å². The van der Waals surface area contributed by atoms with Crippen molar-refractivity contribution in [2.75, 3.05) is 14.2 Å². The minimum absolute atomic E-state index is 0.0752. The highest BCUT2D eigenvalue weighted by molar-refractivity contribution is 6.06. The molecule has 5 nitrogen and oxygen atoms in total. The Kier molecular flexibility index (Phi) is 6.65. The second-order valence-corrected chi connectivity index (χ2v) is 6.56. The number of esters is 1. The second kappa shape index (κ2) is 9.56. The third kappa shape index (κ3) is 4.94. The lowest BCUT2D eigenvalue weighted by Crippen LogP contribution is -2.11. The summed E-state index contributed by atoms with van der Waals surface area (Å²) in [5, 5.41) is 0. The molecule has 0 aliphatic carbocycles. The maximum absolute atomic E-state index is 12.6. The molecule has 0 saturated heterocycles. The summed E-state index contributed by atoms with van der Waals surface area (Å²) in [5.41, 5.74) is 2.76. The van der Waals surface area contributed by atoms with Crippen molar-refractivity contribution in [1.82, 2.24) is 0 Å². The molecule has 0 fully saturated rings. The number of methoxy groups -OCH3 is 2. The molecule has 0 radical (unpaired) electrons. The molecule has 0 amide bonds. The molecule has 3 rings (SSSR count). The largest absolute Gasteiger partial charge is 0.496 e. The van der Waals surface area contributed by atoms with E-state index >= 15 is 0 Å². The number of benzene rings is 3. The van der Waals surface area contributed by atoms with Crippen LogP contribution in [0.1, 0.15) is 31.8 Å². The Morgan fingerprint density at radius 1 is 0.800 bits per heavy atom. The van der Waals surface area contributed by atoms with Gasteiger partial charge in [0.2, 0.25) is 0 Å². The number of rotatable bonds is 7. The van der Waals surface area contributed by atoms with Crippen molar-refractivity contribution in [1.29, 1.82) is 0 Å². The van der Waals surface area contributed by atoms with Crippen LogP contribution in [0.5, 0.6) is 17.2 Å². The van der Waals surface area contributed by atoms with Crippen LogP contribution in [-0.2, 0) is 0 Å². The minimum Gasteiger partial charge on any atom is -0.496 e. The molecule has 0 N–H and O–H groups in total. The Hall–Kier alpha value is -3.86. The zero-order valence-electron chi connectivity index (χ0n) is 17.0. The van der Waals surface area contributed by atoms with Gasteiger partial charge in [-0.2, -0.15) is 0 Å². The van der Waals surface area contributed by atoms with Gasteiger partial charge in [0, 0.05) is 5.56 Å². The number of ketones is 1. The molecule has 0 heterocycles. The Morgan fingerprint density at radius 3 is 1.97 bits per heavy atom. The molecule has 0 aliphatic rings. The van der Waals surface area contributed by atoms with Crippen molar-refractivity contribution in [2.45, 2.75) is 6.92 Å². The molecule has 3 aromatic carbocycles. The first-order valence-corrected chi connectivity index (χ1v) is 9.34. The van der Waals surface area contributed by atoms with E-state index in [1.165, 1.54) is 20.3 Å². The van der Waals surface area contributed by atoms with Crippen molar-refractivity contribution in [3.8, 4) is 17.2 Å². The Balaban J connectivity index is 1.70. The molecule has 0 aromatic heterocycles. The van der Waals surface area contributed by atoms with E-state index in [1.807, 2.05) is 19.1 Å². The normalized spacial score (nSPS) is 10.6. The topological polar surface area (TPSA) is 61.8 Å². The number of ether oxygens (including phenoxy) is 3. The SMILES string of the molecule is COc1cccc(OC)c1C(=O)Oc1ccc(/C=C/C(=O)c2ccc(C)cc2)cc1. The zero-order valence-corrected chi connectivity index (χ0v) is 17.0. The number of allylic oxidation sites excluding steroid dienone is 1. The number of aryl methyl sites for hydroxylation is 1. The smallest absolute Gasteiger partial charge is 0.351 e. The lowest BCUT2D eigenvalue weighted by molar-refractivity contribution is 0.0727. The van der Waals surface area contributed by atoms with E-state index in [-0.39, 0.29) is 11.3 Å². The monoisotopic (exact) mass is 402 g/mol. The van der Waals surface area contributed by atoms with Crippen molar-refractivity contribution >= 4 is 17.8 Å². The predicted molar refractivity (Wildman–Crippen MR) is 115 cm³/mol. The summed E-state index contributed by atoms with van der Waals surface area (Å²) in [7, 11) is 2.95. The predicted octanol–water partition coefficient (Wildman–Crippen LogP) is 5.13. The van der Waals surface area contributed by atoms with Crippen LogP contribution in [-0.4, -0.2) is 26.0 Å². The van der Waals surface area contributed by atoms with Crippen molar-refractivity contribution in [3.05, 3.63) is 95.1 Å². The van der Waals surface area contributed by atoms with E-state index in [4.69, 9.17) is 14.2 Å². The van der Waals surface area contributed by atoms with Gasteiger partial charge in [0.1, 0.15) is 22.8 Å². The Bertz CT molecular complexity index is 1040. The van der Waals surface area contributed by atoms with Crippen LogP contribution in [0.15, 0.2) is 72.8 Å². The average Bonchev–Trinajstić information content (AvgIpc) is 2.78. The highest BCUT2D eigenvalue weighted by atomic mass is 16.5. The minimum atomic E-state index is -0.581. The highest BCUT2D eigenvalue weighted by Crippen LogP contribution is 2.29. The number of hydrogen-bond acceptors (Lipinski definition) is 5. The van der Waals surface area contributed by atoms with E-state index in [9.17, 15) is 9.59 Å². The lowest BCUT2D eigenvalue weighted by Gasteiger charge is -2.12. The van der Waals surface area contributed by atoms with E-state index < -0.39 is 5.97 Å². The molecule has 0 saturated carbocycles. The van der Waals surface area contributed by atoms with Gasteiger partial charge in [-0.05, 0) is 42.8 Å². The molecule has 152 valence electrons. The summed E-state index contributed by atoms with van der Waals surface area (Å²) in [6.07, 6.45) is 3.24. The summed E-state index contributed by atoms with van der Waals surface area (Å²) in [6.45, 7) is 1.97. The molecule has 3 aromatic rings. The summed E-state index contributed by atoms with van der Waals surface area (Å²) in [5.74, 6) is 0.452. The summed E-state index contributed by atoms with van der Waals surface area (Å²) < 4.78 is 15.9. The van der Waals surface area contributed by atoms with E-state index in [2.05, 4.69) is 0 Å². The van der Waals surface area contributed by atoms with Gasteiger partial charge < -0.3 is 14.2 Å². The fourth-order valence-corrected chi connectivity index (χ4v) is 2.84. The maximum atomic E-state index is 12.6. The van der Waals surface area contributed by atoms with Crippen LogP contribution < -0.4 is 14.2 Å². The highest BCUT2D eigenvalue weighted by Gasteiger charge is 2.20. The van der Waals surface area contributed by atoms with Crippen LogP contribution in [0.25, 0.3) is 6.08 Å². The quantitative estimate of drug-likeness (QED) is 0.237. The van der Waals surface area contributed by atoms with Crippen LogP contribution >= 0.6 is 0 Å². The first-order valence-electron chi connectivity index (χ1n) is 9.34. The van der Waals surface area contributed by atoms with Crippen LogP contribution in [0.2, 0.25) is 0 Å². The third-order valence-electron chi connectivity index (χ3n) is 4.49. The van der Waals surface area contributed by atoms with Gasteiger partial charge in [0.15, 0.2) is 5.78 Å². The van der Waals surface area contributed by atoms with Crippen molar-refractivity contribution in [2.24, 2.45) is 0 Å². The first-order chi connectivity index (χ1) is 14.5. The van der Waals surface area contributed by atoms with Gasteiger partial charge >= 0.3 is 5.97 Å². The summed E-state index contributed by atoms with van der Waals surface area (Å²) in [4.78, 5) is 24.9. The molecule has 5 heteroatoms. The van der Waals surface area contributed by atoms with Crippen LogP contribution in [0.4, 0.5) is 0 Å². The van der Waals surface area contributed by atoms with Gasteiger partial charge in [0.05, 0.1) is 14.2 Å². The lowest BCUT2D eigenvalue weighted by atomic mass is 10.1. The fraction of sp³-hybridized carbons (Fsp3) is 0.120. The van der Waals surface area contributed by atoms with Gasteiger partial charge in [0.25, 0.3) is 0 Å². The third-order valence-corrected chi connectivity index (χ3v) is 4.49. The molecule has 0 bridgehead atoms.